The van der Waals surface area contributed by atoms with Crippen LogP contribution in [0.25, 0.3) is 0 Å². The summed E-state index contributed by atoms with van der Waals surface area (Å²) in [6, 6.07) is 0. The van der Waals surface area contributed by atoms with Gasteiger partial charge in [0.2, 0.25) is 0 Å². The van der Waals surface area contributed by atoms with Crippen LogP contribution in [0.15, 0.2) is 0 Å². The van der Waals surface area contributed by atoms with Crippen molar-refractivity contribution in [3.63, 3.8) is 0 Å². The van der Waals surface area contributed by atoms with Crippen molar-refractivity contribution in [2.45, 2.75) is 149 Å². The standard InChI is InChI=1S/C30H60O3Si3/c1-21(31-34(4,5)6)25-15-16-26-24-14-13-22-19-23(32-35(7,8)9)17-18-29(22,2)28(24)27(20-30(25,26)3)33-36(10,11)12/h21-28H,13-20H2,1-12H3/t21-,22-,23-,24?,25+,26?,27-,28?,29-,30+/m0/s1. The molecule has 4 aliphatic rings. The molecule has 0 saturated heterocycles. The molecule has 4 aliphatic carbocycles. The van der Waals surface area contributed by atoms with Crippen LogP contribution in [-0.2, 0) is 13.3 Å². The summed E-state index contributed by atoms with van der Waals surface area (Å²) in [6.45, 7) is 29.2. The highest BCUT2D eigenvalue weighted by Gasteiger charge is 2.64. The van der Waals surface area contributed by atoms with Crippen LogP contribution in [0.3, 0.4) is 0 Å². The van der Waals surface area contributed by atoms with Gasteiger partial charge in [0.05, 0.1) is 0 Å². The van der Waals surface area contributed by atoms with Crippen molar-refractivity contribution in [3.8, 4) is 0 Å². The summed E-state index contributed by atoms with van der Waals surface area (Å²) < 4.78 is 20.7. The Morgan fingerprint density at radius 2 is 1.36 bits per heavy atom. The lowest BCUT2D eigenvalue weighted by Crippen LogP contribution is -2.61. The molecule has 0 amide bonds. The quantitative estimate of drug-likeness (QED) is 0.295. The first-order valence-electron chi connectivity index (χ1n) is 15.4. The molecule has 0 heterocycles. The van der Waals surface area contributed by atoms with E-state index in [0.717, 1.165) is 23.7 Å². The molecule has 0 aromatic rings. The second kappa shape index (κ2) is 9.87. The van der Waals surface area contributed by atoms with Crippen molar-refractivity contribution in [2.75, 3.05) is 0 Å². The number of hydrogen-bond donors (Lipinski definition) is 0. The van der Waals surface area contributed by atoms with Gasteiger partial charge in [-0.15, -0.1) is 0 Å². The van der Waals surface area contributed by atoms with Crippen molar-refractivity contribution >= 4 is 25.0 Å². The molecular weight excluding hydrogens is 493 g/mol. The van der Waals surface area contributed by atoms with Gasteiger partial charge in [0.1, 0.15) is 0 Å². The van der Waals surface area contributed by atoms with Gasteiger partial charge in [0, 0.05) is 18.3 Å². The minimum absolute atomic E-state index is 0.353. The lowest BCUT2D eigenvalue weighted by atomic mass is 9.44. The average molecular weight is 553 g/mol. The Morgan fingerprint density at radius 1 is 0.722 bits per heavy atom. The zero-order valence-corrected chi connectivity index (χ0v) is 29.0. The summed E-state index contributed by atoms with van der Waals surface area (Å²) in [7, 11) is -4.72. The Balaban J connectivity index is 1.63. The Kier molecular flexibility index (Phi) is 8.09. The van der Waals surface area contributed by atoms with E-state index in [1.165, 1.54) is 51.4 Å². The molecule has 10 atom stereocenters. The maximum atomic E-state index is 7.25. The van der Waals surface area contributed by atoms with Gasteiger partial charge in [-0.3, -0.25) is 0 Å². The molecule has 0 radical (unpaired) electrons. The summed E-state index contributed by atoms with van der Waals surface area (Å²) in [5.74, 6) is 3.87. The predicted octanol–water partition coefficient (Wildman–Crippen LogP) is 8.94. The first-order chi connectivity index (χ1) is 16.3. The number of fused-ring (bicyclic) bond motifs is 5. The summed E-state index contributed by atoms with van der Waals surface area (Å²) in [6.07, 6.45) is 12.0. The Bertz CT molecular complexity index is 784. The topological polar surface area (TPSA) is 27.7 Å². The van der Waals surface area contributed by atoms with Gasteiger partial charge in [-0.1, -0.05) is 13.8 Å². The van der Waals surface area contributed by atoms with Crippen LogP contribution in [0.1, 0.15) is 72.1 Å². The highest BCUT2D eigenvalue weighted by molar-refractivity contribution is 6.70. The van der Waals surface area contributed by atoms with Crippen molar-refractivity contribution in [1.82, 2.24) is 0 Å². The van der Waals surface area contributed by atoms with E-state index >= 15 is 0 Å². The molecule has 0 N–H and O–H groups in total. The fraction of sp³-hybridized carbons (Fsp3) is 1.00. The van der Waals surface area contributed by atoms with E-state index in [2.05, 4.69) is 79.7 Å². The van der Waals surface area contributed by atoms with Crippen LogP contribution >= 0.6 is 0 Å². The van der Waals surface area contributed by atoms with E-state index in [1.807, 2.05) is 0 Å². The summed E-state index contributed by atoms with van der Waals surface area (Å²) in [4.78, 5) is 0. The van der Waals surface area contributed by atoms with Gasteiger partial charge >= 0.3 is 0 Å². The van der Waals surface area contributed by atoms with Gasteiger partial charge < -0.3 is 13.3 Å². The highest BCUT2D eigenvalue weighted by atomic mass is 28.4. The first-order valence-corrected chi connectivity index (χ1v) is 25.6. The lowest BCUT2D eigenvalue weighted by Gasteiger charge is -2.64. The maximum Gasteiger partial charge on any atom is 0.184 e. The fourth-order valence-corrected chi connectivity index (χ4v) is 13.6. The van der Waals surface area contributed by atoms with Crippen molar-refractivity contribution in [3.05, 3.63) is 0 Å². The van der Waals surface area contributed by atoms with Crippen LogP contribution in [0.5, 0.6) is 0 Å². The molecule has 0 aromatic carbocycles. The zero-order chi connectivity index (χ0) is 26.9. The van der Waals surface area contributed by atoms with Crippen molar-refractivity contribution < 1.29 is 13.3 Å². The van der Waals surface area contributed by atoms with Crippen molar-refractivity contribution in [1.29, 1.82) is 0 Å². The molecule has 0 aliphatic heterocycles. The molecular formula is C30H60O3Si3. The van der Waals surface area contributed by atoms with Gasteiger partial charge in [0.25, 0.3) is 0 Å². The molecule has 0 bridgehead atoms. The SMILES string of the molecule is C[C@H](O[Si](C)(C)C)[C@H]1CCC2C3CC[C@H]4C[C@@H](O[Si](C)(C)C)CC[C@]4(C)C3[C@@H](O[Si](C)(C)C)C[C@@]21C. The molecule has 3 unspecified atom stereocenters. The van der Waals surface area contributed by atoms with Crippen LogP contribution < -0.4 is 0 Å². The zero-order valence-electron chi connectivity index (χ0n) is 26.0. The van der Waals surface area contributed by atoms with E-state index in [1.54, 1.807) is 0 Å². The Hall–Kier alpha value is 0.531. The Labute approximate surface area is 227 Å². The van der Waals surface area contributed by atoms with E-state index in [-0.39, 0.29) is 0 Å². The van der Waals surface area contributed by atoms with Gasteiger partial charge in [0.15, 0.2) is 25.0 Å². The second-order valence-electron chi connectivity index (χ2n) is 16.8. The first kappa shape index (κ1) is 29.5. The molecule has 4 rings (SSSR count). The molecule has 0 aromatic heterocycles. The molecule has 6 heteroatoms. The molecule has 3 nitrogen and oxygen atoms in total. The third kappa shape index (κ3) is 5.99. The predicted molar refractivity (Wildman–Crippen MR) is 161 cm³/mol. The largest absolute Gasteiger partial charge is 0.415 e. The second-order valence-corrected chi connectivity index (χ2v) is 30.2. The fourth-order valence-electron chi connectivity index (χ4n) is 9.93. The van der Waals surface area contributed by atoms with Crippen LogP contribution in [0.2, 0.25) is 58.9 Å². The smallest absolute Gasteiger partial charge is 0.184 e. The number of rotatable bonds is 7. The third-order valence-corrected chi connectivity index (χ3v) is 13.9. The van der Waals surface area contributed by atoms with E-state index in [9.17, 15) is 0 Å². The Morgan fingerprint density at radius 3 is 1.94 bits per heavy atom. The van der Waals surface area contributed by atoms with E-state index < -0.39 is 25.0 Å². The monoisotopic (exact) mass is 552 g/mol. The molecule has 210 valence electrons. The number of hydrogen-bond acceptors (Lipinski definition) is 3. The normalized spacial score (nSPS) is 44.5. The maximum absolute atomic E-state index is 7.25. The lowest BCUT2D eigenvalue weighted by molar-refractivity contribution is -0.175. The average Bonchev–Trinajstić information content (AvgIpc) is 3.01. The molecule has 36 heavy (non-hydrogen) atoms. The molecule has 0 spiro atoms. The van der Waals surface area contributed by atoms with Crippen LogP contribution in [0.4, 0.5) is 0 Å². The van der Waals surface area contributed by atoms with Gasteiger partial charge in [-0.2, -0.15) is 0 Å². The third-order valence-electron chi connectivity index (χ3n) is 10.7. The highest BCUT2D eigenvalue weighted by Crippen LogP contribution is 2.68. The minimum atomic E-state index is -1.66. The van der Waals surface area contributed by atoms with Crippen molar-refractivity contribution in [2.24, 2.45) is 40.4 Å². The summed E-state index contributed by atoms with van der Waals surface area (Å²) >= 11 is 0. The summed E-state index contributed by atoms with van der Waals surface area (Å²) in [5, 5.41) is 0. The van der Waals surface area contributed by atoms with Gasteiger partial charge in [-0.05, 0) is 158 Å². The van der Waals surface area contributed by atoms with Gasteiger partial charge in [-0.25, -0.2) is 0 Å². The van der Waals surface area contributed by atoms with E-state index in [0.29, 0.717) is 35.1 Å². The van der Waals surface area contributed by atoms with Crippen LogP contribution in [-0.4, -0.2) is 43.3 Å². The molecule has 4 saturated carbocycles. The van der Waals surface area contributed by atoms with Crippen LogP contribution in [0, 0.1) is 40.4 Å². The summed E-state index contributed by atoms with van der Waals surface area (Å²) in [5.41, 5.74) is 0.762. The van der Waals surface area contributed by atoms with E-state index in [4.69, 9.17) is 13.3 Å². The minimum Gasteiger partial charge on any atom is -0.415 e. The molecule has 4 fully saturated rings.